The topological polar surface area (TPSA) is 86.3 Å². The molecule has 1 unspecified atom stereocenters. The summed E-state index contributed by atoms with van der Waals surface area (Å²) in [7, 11) is 4.82. The van der Waals surface area contributed by atoms with Gasteiger partial charge < -0.3 is 28.7 Å². The highest BCUT2D eigenvalue weighted by atomic mass is 16.5. The highest BCUT2D eigenvalue weighted by Gasteiger charge is 2.26. The van der Waals surface area contributed by atoms with Gasteiger partial charge in [-0.3, -0.25) is 4.79 Å². The van der Waals surface area contributed by atoms with E-state index in [1.54, 1.807) is 40.4 Å². The van der Waals surface area contributed by atoms with Crippen LogP contribution in [0.1, 0.15) is 6.92 Å². The van der Waals surface area contributed by atoms with Crippen LogP contribution in [0.3, 0.4) is 0 Å². The lowest BCUT2D eigenvalue weighted by Gasteiger charge is -2.36. The van der Waals surface area contributed by atoms with Crippen molar-refractivity contribution in [3.8, 4) is 34.3 Å². The minimum atomic E-state index is -0.574. The summed E-state index contributed by atoms with van der Waals surface area (Å²) < 4.78 is 21.7. The van der Waals surface area contributed by atoms with Crippen molar-refractivity contribution >= 4 is 11.7 Å². The molecule has 4 rings (SSSR count). The summed E-state index contributed by atoms with van der Waals surface area (Å²) in [4.78, 5) is 16.8. The summed E-state index contributed by atoms with van der Waals surface area (Å²) >= 11 is 0. The number of hydrogen-bond acceptors (Lipinski definition) is 8. The van der Waals surface area contributed by atoms with E-state index in [1.165, 1.54) is 0 Å². The van der Waals surface area contributed by atoms with Gasteiger partial charge in [-0.1, -0.05) is 0 Å². The molecule has 0 saturated carbocycles. The summed E-state index contributed by atoms with van der Waals surface area (Å²) in [5.74, 6) is 3.43. The fourth-order valence-electron chi connectivity index (χ4n) is 3.97. The number of rotatable bonds is 8. The third kappa shape index (κ3) is 5.56. The van der Waals surface area contributed by atoms with Crippen molar-refractivity contribution in [1.82, 2.24) is 15.1 Å². The molecule has 1 fully saturated rings. The fraction of sp³-hybridized carbons (Fsp3) is 0.346. The van der Waals surface area contributed by atoms with Crippen LogP contribution in [-0.2, 0) is 4.79 Å². The van der Waals surface area contributed by atoms with Crippen LogP contribution in [0.25, 0.3) is 11.3 Å². The van der Waals surface area contributed by atoms with E-state index in [1.807, 2.05) is 47.4 Å². The maximum Gasteiger partial charge on any atom is 0.263 e. The van der Waals surface area contributed by atoms with Gasteiger partial charge in [0.2, 0.25) is 0 Å². The molecule has 0 spiro atoms. The van der Waals surface area contributed by atoms with E-state index in [2.05, 4.69) is 15.1 Å². The first-order valence-corrected chi connectivity index (χ1v) is 11.4. The van der Waals surface area contributed by atoms with Crippen LogP contribution < -0.4 is 23.8 Å². The second-order valence-electron chi connectivity index (χ2n) is 8.09. The lowest BCUT2D eigenvalue weighted by Crippen LogP contribution is -2.52. The first-order valence-electron chi connectivity index (χ1n) is 11.4. The normalized spacial score (nSPS) is 14.3. The molecule has 9 nitrogen and oxygen atoms in total. The predicted octanol–water partition coefficient (Wildman–Crippen LogP) is 3.29. The maximum absolute atomic E-state index is 12.9. The zero-order valence-corrected chi connectivity index (χ0v) is 20.4. The van der Waals surface area contributed by atoms with Gasteiger partial charge in [-0.25, -0.2) is 0 Å². The third-order valence-corrected chi connectivity index (χ3v) is 5.97. The van der Waals surface area contributed by atoms with E-state index in [0.29, 0.717) is 43.4 Å². The average molecular weight is 479 g/mol. The van der Waals surface area contributed by atoms with Gasteiger partial charge >= 0.3 is 0 Å². The summed E-state index contributed by atoms with van der Waals surface area (Å²) in [6.45, 7) is 4.30. The number of methoxy groups -OCH3 is 3. The molecule has 2 heterocycles. The van der Waals surface area contributed by atoms with Crippen molar-refractivity contribution in [3.63, 3.8) is 0 Å². The molecule has 0 bridgehead atoms. The van der Waals surface area contributed by atoms with Crippen LogP contribution in [0.4, 0.5) is 5.82 Å². The summed E-state index contributed by atoms with van der Waals surface area (Å²) in [6.07, 6.45) is -0.574. The lowest BCUT2D eigenvalue weighted by atomic mass is 10.1. The monoisotopic (exact) mass is 478 g/mol. The number of carbonyl (C=O) groups excluding carboxylic acids is 1. The molecule has 184 valence electrons. The molecule has 1 amide bonds. The van der Waals surface area contributed by atoms with Crippen LogP contribution in [0.5, 0.6) is 23.0 Å². The quantitative estimate of drug-likeness (QED) is 0.488. The highest BCUT2D eigenvalue weighted by Crippen LogP contribution is 2.31. The number of amides is 1. The molecule has 1 atom stereocenters. The van der Waals surface area contributed by atoms with E-state index >= 15 is 0 Å². The highest BCUT2D eigenvalue weighted by molar-refractivity contribution is 5.81. The molecule has 1 aromatic heterocycles. The van der Waals surface area contributed by atoms with Crippen LogP contribution >= 0.6 is 0 Å². The third-order valence-electron chi connectivity index (χ3n) is 5.97. The Labute approximate surface area is 205 Å². The molecule has 3 aromatic rings. The van der Waals surface area contributed by atoms with Gasteiger partial charge in [-0.2, -0.15) is 0 Å². The van der Waals surface area contributed by atoms with E-state index in [-0.39, 0.29) is 5.91 Å². The maximum atomic E-state index is 12.9. The van der Waals surface area contributed by atoms with E-state index in [9.17, 15) is 4.79 Å². The van der Waals surface area contributed by atoms with Gasteiger partial charge in [0.25, 0.3) is 5.91 Å². The smallest absolute Gasteiger partial charge is 0.263 e. The number of nitrogens with zero attached hydrogens (tertiary/aromatic N) is 4. The molecule has 9 heteroatoms. The number of benzene rings is 2. The predicted molar refractivity (Wildman–Crippen MR) is 132 cm³/mol. The van der Waals surface area contributed by atoms with Crippen molar-refractivity contribution in [1.29, 1.82) is 0 Å². The SMILES string of the molecule is COc1ccc(OC(C)C(=O)N2CCN(c3ccc(-c4ccc(OC)c(OC)c4)nn3)CC2)cc1. The first-order chi connectivity index (χ1) is 17.0. The van der Waals surface area contributed by atoms with Crippen molar-refractivity contribution < 1.29 is 23.7 Å². The number of ether oxygens (including phenoxy) is 4. The number of piperazine rings is 1. The number of anilines is 1. The molecule has 0 radical (unpaired) electrons. The van der Waals surface area contributed by atoms with Gasteiger partial charge in [0.05, 0.1) is 27.0 Å². The van der Waals surface area contributed by atoms with Crippen LogP contribution in [0.2, 0.25) is 0 Å². The van der Waals surface area contributed by atoms with E-state index in [4.69, 9.17) is 18.9 Å². The van der Waals surface area contributed by atoms with Gasteiger partial charge in [-0.05, 0) is 61.5 Å². The molecule has 0 N–H and O–H groups in total. The van der Waals surface area contributed by atoms with Crippen molar-refractivity contribution in [2.45, 2.75) is 13.0 Å². The Kier molecular flexibility index (Phi) is 7.54. The molecule has 1 aliphatic heterocycles. The van der Waals surface area contributed by atoms with Crippen molar-refractivity contribution in [2.24, 2.45) is 0 Å². The number of aromatic nitrogens is 2. The largest absolute Gasteiger partial charge is 0.497 e. The zero-order chi connectivity index (χ0) is 24.8. The van der Waals surface area contributed by atoms with E-state index in [0.717, 1.165) is 22.8 Å². The van der Waals surface area contributed by atoms with Gasteiger partial charge in [0.15, 0.2) is 23.4 Å². The Morgan fingerprint density at radius 2 is 1.49 bits per heavy atom. The second kappa shape index (κ2) is 10.9. The second-order valence-corrected chi connectivity index (χ2v) is 8.09. The van der Waals surface area contributed by atoms with E-state index < -0.39 is 6.10 Å². The standard InChI is InChI=1S/C26H30N4O5/c1-18(35-21-8-6-20(32-2)7-9-21)26(31)30-15-13-29(14-16-30)25-12-10-22(27-28-25)19-5-11-23(33-3)24(17-19)34-4/h5-12,17-18H,13-16H2,1-4H3. The minimum absolute atomic E-state index is 0.0321. The van der Waals surface area contributed by atoms with Crippen LogP contribution in [-0.4, -0.2) is 74.6 Å². The van der Waals surface area contributed by atoms with Crippen molar-refractivity contribution in [2.75, 3.05) is 52.4 Å². The summed E-state index contributed by atoms with van der Waals surface area (Å²) in [5, 5.41) is 8.82. The molecular formula is C26H30N4O5. The number of hydrogen-bond donors (Lipinski definition) is 0. The van der Waals surface area contributed by atoms with Gasteiger partial charge in [-0.15, -0.1) is 10.2 Å². The number of carbonyl (C=O) groups is 1. The lowest BCUT2D eigenvalue weighted by molar-refractivity contribution is -0.138. The summed E-state index contributed by atoms with van der Waals surface area (Å²) in [6, 6.07) is 16.7. The Hall–Kier alpha value is -4.01. The average Bonchev–Trinajstić information content (AvgIpc) is 2.92. The summed E-state index contributed by atoms with van der Waals surface area (Å²) in [5.41, 5.74) is 1.64. The molecule has 35 heavy (non-hydrogen) atoms. The van der Waals surface area contributed by atoms with Crippen molar-refractivity contribution in [3.05, 3.63) is 54.6 Å². The van der Waals surface area contributed by atoms with Gasteiger partial charge in [0.1, 0.15) is 11.5 Å². The Morgan fingerprint density at radius 3 is 2.09 bits per heavy atom. The first kappa shape index (κ1) is 24.1. The molecule has 2 aromatic carbocycles. The Bertz CT molecular complexity index is 1130. The molecular weight excluding hydrogens is 448 g/mol. The Balaban J connectivity index is 1.33. The van der Waals surface area contributed by atoms with Gasteiger partial charge in [0, 0.05) is 31.7 Å². The molecule has 1 aliphatic rings. The Morgan fingerprint density at radius 1 is 0.800 bits per heavy atom. The molecule has 1 saturated heterocycles. The molecule has 0 aliphatic carbocycles. The minimum Gasteiger partial charge on any atom is -0.497 e. The zero-order valence-electron chi connectivity index (χ0n) is 20.4. The van der Waals surface area contributed by atoms with Crippen LogP contribution in [0, 0.1) is 0 Å². The van der Waals surface area contributed by atoms with Crippen LogP contribution in [0.15, 0.2) is 54.6 Å². The fourth-order valence-corrected chi connectivity index (χ4v) is 3.97.